The largest absolute Gasteiger partial charge is 0.472 e. The predicted molar refractivity (Wildman–Crippen MR) is 261 cm³/mol. The minimum Gasteiger partial charge on any atom is -0.462 e. The normalized spacial score (nSPS) is 14.0. The van der Waals surface area contributed by atoms with Crippen LogP contribution in [0.15, 0.2) is 91.0 Å². The third kappa shape index (κ3) is 22.7. The third-order valence-corrected chi connectivity index (χ3v) is 12.5. The molecule has 0 aliphatic heterocycles. The number of nitrogens with one attached hydrogen (secondary N) is 1. The first-order valence-corrected chi connectivity index (χ1v) is 26.0. The minimum atomic E-state index is -4.61. The van der Waals surface area contributed by atoms with E-state index >= 15 is 0 Å². The van der Waals surface area contributed by atoms with Crippen LogP contribution in [0, 0.1) is 0 Å². The third-order valence-electron chi connectivity index (χ3n) is 10.7. The summed E-state index contributed by atoms with van der Waals surface area (Å²) in [5.41, 5.74) is 0.514. The van der Waals surface area contributed by atoms with Crippen LogP contribution in [-0.2, 0) is 43.0 Å². The second-order valence-corrected chi connectivity index (χ2v) is 21.1. The molecule has 0 fully saturated rings. The van der Waals surface area contributed by atoms with Crippen molar-refractivity contribution >= 4 is 36.8 Å². The molecule has 0 saturated heterocycles. The van der Waals surface area contributed by atoms with E-state index in [0.717, 1.165) is 47.7 Å². The maximum atomic E-state index is 14.7. The number of likely N-dealkylation sites (N-methyl/N-ethyl adjacent to an activating group) is 1. The van der Waals surface area contributed by atoms with Crippen molar-refractivity contribution in [3.8, 4) is 0 Å². The quantitative estimate of drug-likeness (QED) is 0.0153. The number of hydrogen-bond donors (Lipinski definition) is 2. The lowest BCUT2D eigenvalue weighted by molar-refractivity contribution is -0.870. The second kappa shape index (κ2) is 29.3. The van der Waals surface area contributed by atoms with Crippen LogP contribution in [0.4, 0.5) is 4.79 Å². The number of thioether (sulfide) groups is 1. The fourth-order valence-electron chi connectivity index (χ4n) is 7.23. The molecule has 0 aliphatic carbocycles. The van der Waals surface area contributed by atoms with Crippen molar-refractivity contribution in [2.24, 2.45) is 0 Å². The molecule has 0 saturated carbocycles. The molecule has 0 aromatic heterocycles. The molecule has 2 unspecified atom stereocenters. The molecular weight excluding hydrogens is 864 g/mol. The molecule has 2 N–H and O–H groups in total. The SMILES string of the molecule is CCCCCCCCCCCCCCCC(=O)OCC(COP(=O)(O)OCC[N+](C)(C)C)OC(=O)[C@H](CSC(=O)OC(C)(C)C)NC(c1ccccc1)(c1ccccc1)c1ccccc1. The lowest BCUT2D eigenvalue weighted by Gasteiger charge is -2.39. The van der Waals surface area contributed by atoms with Gasteiger partial charge in [0.15, 0.2) is 6.10 Å². The van der Waals surface area contributed by atoms with Gasteiger partial charge in [0.05, 0.1) is 33.3 Å². The molecule has 0 spiro atoms. The van der Waals surface area contributed by atoms with Crippen molar-refractivity contribution in [1.82, 2.24) is 5.32 Å². The van der Waals surface area contributed by atoms with Crippen LogP contribution in [-0.4, -0.2) is 97.6 Å². The molecule has 65 heavy (non-hydrogen) atoms. The van der Waals surface area contributed by atoms with Crippen molar-refractivity contribution in [3.63, 3.8) is 0 Å². The van der Waals surface area contributed by atoms with Crippen LogP contribution in [0.25, 0.3) is 0 Å². The average Bonchev–Trinajstić information content (AvgIpc) is 3.26. The minimum absolute atomic E-state index is 0.0652. The van der Waals surface area contributed by atoms with Crippen molar-refractivity contribution in [3.05, 3.63) is 108 Å². The summed E-state index contributed by atoms with van der Waals surface area (Å²) in [6.45, 7) is 6.84. The summed E-state index contributed by atoms with van der Waals surface area (Å²) in [6.07, 6.45) is 14.2. The molecule has 0 aliphatic rings. The molecule has 12 nitrogen and oxygen atoms in total. The molecule has 0 heterocycles. The number of esters is 2. The van der Waals surface area contributed by atoms with Gasteiger partial charge in [-0.3, -0.25) is 24.0 Å². The number of nitrogens with zero attached hydrogens (tertiary/aromatic N) is 1. The van der Waals surface area contributed by atoms with E-state index in [-0.39, 0.29) is 18.8 Å². The maximum Gasteiger partial charge on any atom is 0.472 e. The van der Waals surface area contributed by atoms with Gasteiger partial charge < -0.3 is 23.6 Å². The fraction of sp³-hybridized carbons (Fsp3) is 0.588. The van der Waals surface area contributed by atoms with E-state index in [4.69, 9.17) is 23.3 Å². The van der Waals surface area contributed by atoms with E-state index in [1.165, 1.54) is 57.8 Å². The highest BCUT2D eigenvalue weighted by Gasteiger charge is 2.41. The molecular formula is C51H78N2O10PS+. The van der Waals surface area contributed by atoms with Crippen molar-refractivity contribution in [2.75, 3.05) is 53.3 Å². The van der Waals surface area contributed by atoms with Gasteiger partial charge in [-0.1, -0.05) is 175 Å². The highest BCUT2D eigenvalue weighted by atomic mass is 32.2. The van der Waals surface area contributed by atoms with E-state index in [2.05, 4.69) is 12.2 Å². The fourth-order valence-corrected chi connectivity index (χ4v) is 8.80. The number of benzene rings is 3. The summed E-state index contributed by atoms with van der Waals surface area (Å²) in [6, 6.07) is 27.8. The Morgan fingerprint density at radius 1 is 0.692 bits per heavy atom. The Hall–Kier alpha value is -3.55. The zero-order valence-corrected chi connectivity index (χ0v) is 41.9. The molecule has 0 bridgehead atoms. The molecule has 14 heteroatoms. The maximum absolute atomic E-state index is 14.7. The van der Waals surface area contributed by atoms with Gasteiger partial charge in [-0.25, -0.2) is 9.36 Å². The smallest absolute Gasteiger partial charge is 0.462 e. The summed E-state index contributed by atoms with van der Waals surface area (Å²) < 4.78 is 41.5. The van der Waals surface area contributed by atoms with Gasteiger partial charge in [0.25, 0.3) is 0 Å². The van der Waals surface area contributed by atoms with Crippen LogP contribution in [0.1, 0.15) is 134 Å². The number of phosphoric acid groups is 1. The first kappa shape index (κ1) is 55.8. The van der Waals surface area contributed by atoms with Gasteiger partial charge in [-0.05, 0) is 55.6 Å². The van der Waals surface area contributed by atoms with Crippen LogP contribution in [0.5, 0.6) is 0 Å². The van der Waals surface area contributed by atoms with Gasteiger partial charge >= 0.3 is 25.1 Å². The number of carbonyl (C=O) groups is 3. The molecule has 3 rings (SSSR count). The highest BCUT2D eigenvalue weighted by Crippen LogP contribution is 2.43. The standard InChI is InChI=1S/C51H77N2O10PS/c1-8-9-10-11-12-13-14-15-16-17-18-19-29-36-47(54)59-39-45(40-61-64(57,58)60-38-37-53(5,6)7)62-48(55)46(41-65-49(56)63-50(2,3)4)52-51(42-30-23-20-24-31-42,43-32-25-21-26-33-43)44-34-27-22-28-35-44/h20-28,30-35,45-46,52H,8-19,29,36-41H2,1-7H3/p+1/t45?,46-/m0/s1. The first-order valence-electron chi connectivity index (χ1n) is 23.5. The Morgan fingerprint density at radius 3 is 1.60 bits per heavy atom. The van der Waals surface area contributed by atoms with Gasteiger partial charge in [-0.2, -0.15) is 0 Å². The number of carbonyl (C=O) groups excluding carboxylic acids is 3. The Kier molecular flexibility index (Phi) is 25.1. The van der Waals surface area contributed by atoms with E-state index in [1.54, 1.807) is 20.8 Å². The number of ether oxygens (including phenoxy) is 3. The number of unbranched alkanes of at least 4 members (excludes halogenated alkanes) is 12. The molecule has 0 amide bonds. The Bertz CT molecular complexity index is 1740. The average molecular weight is 942 g/mol. The van der Waals surface area contributed by atoms with Crippen molar-refractivity contribution in [2.45, 2.75) is 141 Å². The number of rotatable bonds is 32. The summed E-state index contributed by atoms with van der Waals surface area (Å²) in [5.74, 6) is -1.42. The predicted octanol–water partition coefficient (Wildman–Crippen LogP) is 11.4. The summed E-state index contributed by atoms with van der Waals surface area (Å²) in [5, 5.41) is 3.02. The van der Waals surface area contributed by atoms with Crippen molar-refractivity contribution < 1.29 is 51.6 Å². The van der Waals surface area contributed by atoms with E-state index < -0.39 is 61.6 Å². The summed E-state index contributed by atoms with van der Waals surface area (Å²) >= 11 is 0.815. The van der Waals surface area contributed by atoms with Crippen LogP contribution < -0.4 is 5.32 Å². The number of phosphoric ester groups is 1. The summed E-state index contributed by atoms with van der Waals surface area (Å²) in [7, 11) is 1.14. The van der Waals surface area contributed by atoms with Crippen LogP contribution in [0.3, 0.4) is 0 Å². The zero-order valence-electron chi connectivity index (χ0n) is 40.2. The van der Waals surface area contributed by atoms with Gasteiger partial charge in [0, 0.05) is 12.2 Å². The van der Waals surface area contributed by atoms with Crippen LogP contribution >= 0.6 is 19.6 Å². The van der Waals surface area contributed by atoms with Crippen LogP contribution in [0.2, 0.25) is 0 Å². The zero-order chi connectivity index (χ0) is 47.6. The monoisotopic (exact) mass is 942 g/mol. The first-order chi connectivity index (χ1) is 30.9. The molecule has 0 radical (unpaired) electrons. The van der Waals surface area contributed by atoms with Gasteiger partial charge in [0.1, 0.15) is 31.4 Å². The molecule has 3 aromatic carbocycles. The number of quaternary nitrogens is 1. The number of hydrogen-bond acceptors (Lipinski definition) is 11. The summed E-state index contributed by atoms with van der Waals surface area (Å²) in [4.78, 5) is 51.5. The lowest BCUT2D eigenvalue weighted by atomic mass is 9.76. The molecule has 362 valence electrons. The Morgan fingerprint density at radius 2 is 1.15 bits per heavy atom. The lowest BCUT2D eigenvalue weighted by Crippen LogP contribution is -2.54. The van der Waals surface area contributed by atoms with Crippen molar-refractivity contribution in [1.29, 1.82) is 0 Å². The Balaban J connectivity index is 1.82. The second-order valence-electron chi connectivity index (χ2n) is 18.7. The van der Waals surface area contributed by atoms with E-state index in [9.17, 15) is 23.8 Å². The van der Waals surface area contributed by atoms with Gasteiger partial charge in [-0.15, -0.1) is 0 Å². The van der Waals surface area contributed by atoms with Gasteiger partial charge in [0.2, 0.25) is 0 Å². The molecule has 3 atom stereocenters. The molecule has 3 aromatic rings. The highest BCUT2D eigenvalue weighted by molar-refractivity contribution is 8.13. The Labute approximate surface area is 394 Å². The topological polar surface area (TPSA) is 147 Å². The van der Waals surface area contributed by atoms with E-state index in [0.29, 0.717) is 17.4 Å². The van der Waals surface area contributed by atoms with E-state index in [1.807, 2.05) is 112 Å².